The van der Waals surface area contributed by atoms with Gasteiger partial charge in [-0.05, 0) is 19.4 Å². The second-order valence-electron chi connectivity index (χ2n) is 4.47. The molecule has 4 nitrogen and oxygen atoms in total. The molecule has 4 heteroatoms. The van der Waals surface area contributed by atoms with Crippen LogP contribution in [0.2, 0.25) is 0 Å². The van der Waals surface area contributed by atoms with Crippen LogP contribution in [0.1, 0.15) is 36.2 Å². The molecule has 0 atom stereocenters. The van der Waals surface area contributed by atoms with Crippen molar-refractivity contribution < 1.29 is 9.32 Å². The Kier molecular flexibility index (Phi) is 3.87. The summed E-state index contributed by atoms with van der Waals surface area (Å²) in [5.41, 5.74) is 2.38. The third kappa shape index (κ3) is 3.52. The standard InChI is InChI=1S/C14H16N2O2/c1-10-4-3-5-12(8-10)9-13-15-14(18-16-13)7-6-11(2)17/h3-5,8H,6-7,9H2,1-2H3. The Balaban J connectivity index is 2.00. The van der Waals surface area contributed by atoms with Gasteiger partial charge in [0.2, 0.25) is 5.89 Å². The monoisotopic (exact) mass is 244 g/mol. The smallest absolute Gasteiger partial charge is 0.227 e. The van der Waals surface area contributed by atoms with Crippen molar-refractivity contribution in [3.63, 3.8) is 0 Å². The van der Waals surface area contributed by atoms with Gasteiger partial charge in [0.05, 0.1) is 0 Å². The third-order valence-electron chi connectivity index (χ3n) is 2.65. The average Bonchev–Trinajstić information content (AvgIpc) is 2.74. The average molecular weight is 244 g/mol. The van der Waals surface area contributed by atoms with Crippen molar-refractivity contribution in [2.45, 2.75) is 33.1 Å². The number of carbonyl (C=O) groups excluding carboxylic acids is 1. The van der Waals surface area contributed by atoms with Crippen LogP contribution in [0.15, 0.2) is 28.8 Å². The maximum Gasteiger partial charge on any atom is 0.227 e. The van der Waals surface area contributed by atoms with Crippen LogP contribution in [0.4, 0.5) is 0 Å². The van der Waals surface area contributed by atoms with Gasteiger partial charge in [-0.3, -0.25) is 0 Å². The summed E-state index contributed by atoms with van der Waals surface area (Å²) < 4.78 is 5.10. The van der Waals surface area contributed by atoms with Crippen molar-refractivity contribution in [2.24, 2.45) is 0 Å². The van der Waals surface area contributed by atoms with Crippen molar-refractivity contribution in [1.82, 2.24) is 10.1 Å². The van der Waals surface area contributed by atoms with Gasteiger partial charge >= 0.3 is 0 Å². The molecule has 0 radical (unpaired) electrons. The first-order valence-electron chi connectivity index (χ1n) is 6.00. The number of carbonyl (C=O) groups is 1. The van der Waals surface area contributed by atoms with Crippen LogP contribution in [-0.2, 0) is 17.6 Å². The van der Waals surface area contributed by atoms with Gasteiger partial charge in [0.25, 0.3) is 0 Å². The molecule has 0 aliphatic carbocycles. The fraction of sp³-hybridized carbons (Fsp3) is 0.357. The van der Waals surface area contributed by atoms with Crippen LogP contribution >= 0.6 is 0 Å². The predicted octanol–water partition coefficient (Wildman–Crippen LogP) is 2.49. The van der Waals surface area contributed by atoms with E-state index < -0.39 is 0 Å². The lowest BCUT2D eigenvalue weighted by molar-refractivity contribution is -0.117. The number of aryl methyl sites for hydroxylation is 2. The molecule has 18 heavy (non-hydrogen) atoms. The zero-order valence-electron chi connectivity index (χ0n) is 10.6. The number of nitrogens with zero attached hydrogens (tertiary/aromatic N) is 2. The zero-order chi connectivity index (χ0) is 13.0. The fourth-order valence-corrected chi connectivity index (χ4v) is 1.75. The Morgan fingerprint density at radius 1 is 1.39 bits per heavy atom. The van der Waals surface area contributed by atoms with E-state index in [4.69, 9.17) is 4.52 Å². The van der Waals surface area contributed by atoms with Gasteiger partial charge in [-0.25, -0.2) is 0 Å². The molecule has 2 aromatic rings. The van der Waals surface area contributed by atoms with E-state index in [9.17, 15) is 4.79 Å². The summed E-state index contributed by atoms with van der Waals surface area (Å²) >= 11 is 0. The first-order chi connectivity index (χ1) is 8.63. The molecule has 0 aliphatic heterocycles. The molecule has 0 N–H and O–H groups in total. The predicted molar refractivity (Wildman–Crippen MR) is 67.3 cm³/mol. The molecule has 1 aromatic heterocycles. The van der Waals surface area contributed by atoms with Crippen LogP contribution in [0, 0.1) is 6.92 Å². The summed E-state index contributed by atoms with van der Waals surface area (Å²) in [6, 6.07) is 8.21. The molecule has 0 amide bonds. The molecule has 0 spiro atoms. The summed E-state index contributed by atoms with van der Waals surface area (Å²) in [5.74, 6) is 1.33. The van der Waals surface area contributed by atoms with E-state index in [1.165, 1.54) is 5.56 Å². The first kappa shape index (κ1) is 12.5. The van der Waals surface area contributed by atoms with E-state index in [1.807, 2.05) is 12.1 Å². The largest absolute Gasteiger partial charge is 0.339 e. The van der Waals surface area contributed by atoms with Crippen molar-refractivity contribution in [3.8, 4) is 0 Å². The topological polar surface area (TPSA) is 56.0 Å². The maximum absolute atomic E-state index is 10.9. The molecule has 0 fully saturated rings. The van der Waals surface area contributed by atoms with Crippen LogP contribution in [0.5, 0.6) is 0 Å². The molecule has 0 aliphatic rings. The van der Waals surface area contributed by atoms with E-state index in [-0.39, 0.29) is 5.78 Å². The highest BCUT2D eigenvalue weighted by Crippen LogP contribution is 2.09. The number of hydrogen-bond donors (Lipinski definition) is 0. The molecule has 0 saturated heterocycles. The molecule has 1 heterocycles. The van der Waals surface area contributed by atoms with E-state index >= 15 is 0 Å². The summed E-state index contributed by atoms with van der Waals surface area (Å²) in [4.78, 5) is 15.1. The van der Waals surface area contributed by atoms with E-state index in [0.717, 1.165) is 5.56 Å². The van der Waals surface area contributed by atoms with E-state index in [1.54, 1.807) is 6.92 Å². The highest BCUT2D eigenvalue weighted by molar-refractivity contribution is 5.75. The summed E-state index contributed by atoms with van der Waals surface area (Å²) in [7, 11) is 0. The van der Waals surface area contributed by atoms with E-state index in [0.29, 0.717) is 31.0 Å². The lowest BCUT2D eigenvalue weighted by Gasteiger charge is -1.97. The highest BCUT2D eigenvalue weighted by atomic mass is 16.5. The van der Waals surface area contributed by atoms with Crippen molar-refractivity contribution in [2.75, 3.05) is 0 Å². The van der Waals surface area contributed by atoms with Gasteiger partial charge in [-0.1, -0.05) is 35.0 Å². The molecule has 94 valence electrons. The maximum atomic E-state index is 10.9. The van der Waals surface area contributed by atoms with Gasteiger partial charge in [0, 0.05) is 19.3 Å². The Morgan fingerprint density at radius 2 is 2.22 bits per heavy atom. The van der Waals surface area contributed by atoms with Crippen molar-refractivity contribution in [1.29, 1.82) is 0 Å². The molecule has 1 aromatic carbocycles. The number of Topliss-reactive ketones (excluding diaryl/α,β-unsaturated/α-hetero) is 1. The molecular weight excluding hydrogens is 228 g/mol. The fourth-order valence-electron chi connectivity index (χ4n) is 1.75. The number of benzene rings is 1. The molecular formula is C14H16N2O2. The number of aromatic nitrogens is 2. The van der Waals surface area contributed by atoms with Gasteiger partial charge in [0.1, 0.15) is 5.78 Å². The number of rotatable bonds is 5. The van der Waals surface area contributed by atoms with Crippen LogP contribution in [0.25, 0.3) is 0 Å². The molecule has 0 bridgehead atoms. The second-order valence-corrected chi connectivity index (χ2v) is 4.47. The Morgan fingerprint density at radius 3 is 2.94 bits per heavy atom. The second kappa shape index (κ2) is 5.58. The Hall–Kier alpha value is -1.97. The van der Waals surface area contributed by atoms with Crippen LogP contribution in [0.3, 0.4) is 0 Å². The summed E-state index contributed by atoms with van der Waals surface area (Å²) in [6.07, 6.45) is 1.63. The normalized spacial score (nSPS) is 10.6. The lowest BCUT2D eigenvalue weighted by atomic mass is 10.1. The minimum absolute atomic E-state index is 0.133. The third-order valence-corrected chi connectivity index (χ3v) is 2.65. The van der Waals surface area contributed by atoms with Crippen LogP contribution < -0.4 is 0 Å². The van der Waals surface area contributed by atoms with Gasteiger partial charge < -0.3 is 9.32 Å². The van der Waals surface area contributed by atoms with E-state index in [2.05, 4.69) is 29.2 Å². The Bertz CT molecular complexity index is 546. The Labute approximate surface area is 106 Å². The number of ketones is 1. The molecule has 0 unspecified atom stereocenters. The summed E-state index contributed by atoms with van der Waals surface area (Å²) in [6.45, 7) is 3.61. The lowest BCUT2D eigenvalue weighted by Crippen LogP contribution is -1.95. The highest BCUT2D eigenvalue weighted by Gasteiger charge is 2.08. The molecule has 2 rings (SSSR count). The number of hydrogen-bond acceptors (Lipinski definition) is 4. The van der Waals surface area contributed by atoms with Crippen LogP contribution in [-0.4, -0.2) is 15.9 Å². The first-order valence-corrected chi connectivity index (χ1v) is 6.00. The van der Waals surface area contributed by atoms with Gasteiger partial charge in [-0.2, -0.15) is 4.98 Å². The minimum atomic E-state index is 0.133. The van der Waals surface area contributed by atoms with Gasteiger partial charge in [-0.15, -0.1) is 0 Å². The molecule has 0 saturated carbocycles. The quantitative estimate of drug-likeness (QED) is 0.810. The SMILES string of the molecule is CC(=O)CCc1nc(Cc2cccc(C)c2)no1. The minimum Gasteiger partial charge on any atom is -0.339 e. The summed E-state index contributed by atoms with van der Waals surface area (Å²) in [5, 5.41) is 3.92. The van der Waals surface area contributed by atoms with Gasteiger partial charge in [0.15, 0.2) is 5.82 Å². The van der Waals surface area contributed by atoms with Crippen molar-refractivity contribution >= 4 is 5.78 Å². The van der Waals surface area contributed by atoms with Crippen molar-refractivity contribution in [3.05, 3.63) is 47.1 Å². The zero-order valence-corrected chi connectivity index (χ0v) is 10.6.